The third kappa shape index (κ3) is 3.10. The third-order valence-corrected chi connectivity index (χ3v) is 3.06. The normalized spacial score (nSPS) is 11.4. The lowest BCUT2D eigenvalue weighted by molar-refractivity contribution is -0.384. The Balaban J connectivity index is 2.17. The molecule has 2 aromatic rings. The monoisotopic (exact) mass is 283 g/mol. The topological polar surface area (TPSA) is 121 Å². The summed E-state index contributed by atoms with van der Waals surface area (Å²) in [6.07, 6.45) is 0.986. The molecule has 0 aliphatic carbocycles. The summed E-state index contributed by atoms with van der Waals surface area (Å²) in [6.45, 7) is 0.181. The minimum Gasteiger partial charge on any atom is -0.258 e. The Bertz CT molecular complexity index is 706. The van der Waals surface area contributed by atoms with Gasteiger partial charge < -0.3 is 0 Å². The van der Waals surface area contributed by atoms with Crippen LogP contribution >= 0.6 is 0 Å². The second kappa shape index (κ2) is 4.72. The van der Waals surface area contributed by atoms with Crippen molar-refractivity contribution >= 4 is 15.5 Å². The number of sulfone groups is 1. The second-order valence-electron chi connectivity index (χ2n) is 3.80. The van der Waals surface area contributed by atoms with Crippen molar-refractivity contribution in [3.8, 4) is 0 Å². The van der Waals surface area contributed by atoms with Gasteiger partial charge in [-0.15, -0.1) is 5.10 Å². The van der Waals surface area contributed by atoms with Crippen LogP contribution in [0.1, 0.15) is 5.56 Å². The van der Waals surface area contributed by atoms with Crippen LogP contribution in [-0.4, -0.2) is 39.8 Å². The van der Waals surface area contributed by atoms with Gasteiger partial charge >= 0.3 is 0 Å². The maximum Gasteiger partial charge on any atom is 0.288 e. The number of hydrogen-bond acceptors (Lipinski definition) is 7. The van der Waals surface area contributed by atoms with Crippen LogP contribution < -0.4 is 0 Å². The Morgan fingerprint density at radius 1 is 1.32 bits per heavy atom. The first-order valence-corrected chi connectivity index (χ1v) is 6.96. The number of aromatic nitrogens is 4. The van der Waals surface area contributed by atoms with Gasteiger partial charge in [-0.25, -0.2) is 8.42 Å². The van der Waals surface area contributed by atoms with E-state index in [1.54, 1.807) is 12.1 Å². The Morgan fingerprint density at radius 3 is 2.42 bits per heavy atom. The molecule has 0 N–H and O–H groups in total. The van der Waals surface area contributed by atoms with Crippen molar-refractivity contribution < 1.29 is 13.3 Å². The molecule has 0 aliphatic rings. The predicted octanol–water partition coefficient (Wildman–Crippen LogP) is 0.0331. The zero-order valence-corrected chi connectivity index (χ0v) is 10.6. The number of nitro groups is 1. The highest BCUT2D eigenvalue weighted by atomic mass is 32.2. The molecule has 0 saturated carbocycles. The fraction of sp³-hybridized carbons (Fsp3) is 0.222. The average molecular weight is 283 g/mol. The summed E-state index contributed by atoms with van der Waals surface area (Å²) >= 11 is 0. The van der Waals surface area contributed by atoms with Crippen LogP contribution in [0.4, 0.5) is 5.69 Å². The summed E-state index contributed by atoms with van der Waals surface area (Å²) in [7, 11) is -3.49. The highest BCUT2D eigenvalue weighted by Gasteiger charge is 2.14. The molecule has 0 unspecified atom stereocenters. The van der Waals surface area contributed by atoms with Gasteiger partial charge in [-0.3, -0.25) is 10.1 Å². The number of rotatable bonds is 4. The van der Waals surface area contributed by atoms with Crippen molar-refractivity contribution in [2.75, 3.05) is 6.26 Å². The molecule has 100 valence electrons. The summed E-state index contributed by atoms with van der Waals surface area (Å²) in [5.41, 5.74) is 0.676. The zero-order valence-electron chi connectivity index (χ0n) is 9.79. The molecule has 0 saturated heterocycles. The van der Waals surface area contributed by atoms with Gasteiger partial charge in [0.25, 0.3) is 10.8 Å². The van der Waals surface area contributed by atoms with Gasteiger partial charge in [-0.2, -0.15) is 4.80 Å². The van der Waals surface area contributed by atoms with Crippen molar-refractivity contribution in [2.24, 2.45) is 0 Å². The van der Waals surface area contributed by atoms with Crippen LogP contribution in [0.3, 0.4) is 0 Å². The average Bonchev–Trinajstić information content (AvgIpc) is 2.78. The van der Waals surface area contributed by atoms with E-state index in [-0.39, 0.29) is 17.4 Å². The largest absolute Gasteiger partial charge is 0.288 e. The lowest BCUT2D eigenvalue weighted by atomic mass is 10.2. The molecule has 1 aromatic heterocycles. The van der Waals surface area contributed by atoms with E-state index >= 15 is 0 Å². The molecule has 0 spiro atoms. The SMILES string of the molecule is CS(=O)(=O)c1nnn(Cc2ccc([N+](=O)[O-])cc2)n1. The predicted molar refractivity (Wildman–Crippen MR) is 63.1 cm³/mol. The van der Waals surface area contributed by atoms with Crippen LogP contribution in [-0.2, 0) is 16.4 Å². The molecule has 0 atom stereocenters. The molecule has 0 amide bonds. The van der Waals surface area contributed by atoms with Gasteiger partial charge in [0.15, 0.2) is 0 Å². The molecule has 1 aromatic carbocycles. The van der Waals surface area contributed by atoms with Crippen molar-refractivity contribution in [1.29, 1.82) is 0 Å². The number of tetrazole rings is 1. The van der Waals surface area contributed by atoms with Gasteiger partial charge in [0.1, 0.15) is 0 Å². The summed E-state index contributed by atoms with van der Waals surface area (Å²) < 4.78 is 22.3. The maximum atomic E-state index is 11.2. The Hall–Kier alpha value is -2.36. The highest BCUT2D eigenvalue weighted by molar-refractivity contribution is 7.90. The Morgan fingerprint density at radius 2 is 1.95 bits per heavy atom. The zero-order chi connectivity index (χ0) is 14.0. The van der Waals surface area contributed by atoms with E-state index in [1.807, 2.05) is 0 Å². The minimum absolute atomic E-state index is 0.0212. The van der Waals surface area contributed by atoms with E-state index < -0.39 is 14.8 Å². The molecule has 0 aliphatic heterocycles. The summed E-state index contributed by atoms with van der Waals surface area (Å²) in [5.74, 6) is 0. The number of nitro benzene ring substituents is 1. The van der Waals surface area contributed by atoms with E-state index in [9.17, 15) is 18.5 Å². The maximum absolute atomic E-state index is 11.2. The van der Waals surface area contributed by atoms with Gasteiger partial charge in [-0.05, 0) is 10.8 Å². The van der Waals surface area contributed by atoms with Gasteiger partial charge in [0, 0.05) is 18.4 Å². The second-order valence-corrected chi connectivity index (χ2v) is 5.71. The van der Waals surface area contributed by atoms with Crippen molar-refractivity contribution in [1.82, 2.24) is 20.2 Å². The number of benzene rings is 1. The fourth-order valence-electron chi connectivity index (χ4n) is 1.33. The van der Waals surface area contributed by atoms with E-state index in [2.05, 4.69) is 15.4 Å². The summed E-state index contributed by atoms with van der Waals surface area (Å²) in [4.78, 5) is 11.1. The highest BCUT2D eigenvalue weighted by Crippen LogP contribution is 2.12. The number of hydrogen-bond donors (Lipinski definition) is 0. The summed E-state index contributed by atoms with van der Waals surface area (Å²) in [6, 6.07) is 5.79. The van der Waals surface area contributed by atoms with Crippen LogP contribution in [0.2, 0.25) is 0 Å². The Kier molecular flexibility index (Phi) is 3.25. The standard InChI is InChI=1S/C9H9N5O4S/c1-19(17,18)9-10-12-13(11-9)6-7-2-4-8(5-3-7)14(15)16/h2-5H,6H2,1H3. The van der Waals surface area contributed by atoms with E-state index in [1.165, 1.54) is 12.1 Å². The van der Waals surface area contributed by atoms with E-state index in [0.29, 0.717) is 5.56 Å². The van der Waals surface area contributed by atoms with Crippen molar-refractivity contribution in [3.05, 3.63) is 39.9 Å². The van der Waals surface area contributed by atoms with E-state index in [0.717, 1.165) is 11.1 Å². The molecule has 0 radical (unpaired) electrons. The minimum atomic E-state index is -3.49. The lowest BCUT2D eigenvalue weighted by Gasteiger charge is -1.98. The first kappa shape index (κ1) is 13.1. The first-order chi connectivity index (χ1) is 8.86. The molecular formula is C9H9N5O4S. The molecule has 9 nitrogen and oxygen atoms in total. The smallest absolute Gasteiger partial charge is 0.258 e. The molecule has 2 rings (SSSR count). The molecule has 0 bridgehead atoms. The molecule has 0 fully saturated rings. The molecular weight excluding hydrogens is 274 g/mol. The third-order valence-electron chi connectivity index (χ3n) is 2.24. The van der Waals surface area contributed by atoms with Gasteiger partial charge in [0.2, 0.25) is 9.84 Å². The van der Waals surface area contributed by atoms with Crippen LogP contribution in [0, 0.1) is 10.1 Å². The van der Waals surface area contributed by atoms with Crippen molar-refractivity contribution in [2.45, 2.75) is 11.7 Å². The van der Waals surface area contributed by atoms with Crippen LogP contribution in [0.5, 0.6) is 0 Å². The molecule has 10 heteroatoms. The first-order valence-electron chi connectivity index (χ1n) is 5.07. The van der Waals surface area contributed by atoms with E-state index in [4.69, 9.17) is 0 Å². The van der Waals surface area contributed by atoms with Crippen LogP contribution in [0.15, 0.2) is 29.4 Å². The van der Waals surface area contributed by atoms with Gasteiger partial charge in [-0.1, -0.05) is 17.2 Å². The number of nitrogens with zero attached hydrogens (tertiary/aromatic N) is 5. The van der Waals surface area contributed by atoms with Gasteiger partial charge in [0.05, 0.1) is 11.5 Å². The van der Waals surface area contributed by atoms with Crippen molar-refractivity contribution in [3.63, 3.8) is 0 Å². The number of non-ortho nitro benzene ring substituents is 1. The Labute approximate surface area is 107 Å². The molecule has 1 heterocycles. The summed E-state index contributed by atoms with van der Waals surface area (Å²) in [5, 5.41) is 20.9. The van der Waals surface area contributed by atoms with Crippen LogP contribution in [0.25, 0.3) is 0 Å². The quantitative estimate of drug-likeness (QED) is 0.573. The fourth-order valence-corrected chi connectivity index (χ4v) is 1.76. The lowest BCUT2D eigenvalue weighted by Crippen LogP contribution is -2.05. The molecule has 19 heavy (non-hydrogen) atoms.